The van der Waals surface area contributed by atoms with Gasteiger partial charge < -0.3 is 20.3 Å². The van der Waals surface area contributed by atoms with E-state index in [0.717, 1.165) is 13.1 Å². The van der Waals surface area contributed by atoms with E-state index in [2.05, 4.69) is 4.90 Å². The summed E-state index contributed by atoms with van der Waals surface area (Å²) in [6, 6.07) is -0.234. The van der Waals surface area contributed by atoms with Crippen molar-refractivity contribution in [3.63, 3.8) is 0 Å². The Morgan fingerprint density at radius 3 is 2.50 bits per heavy atom. The fourth-order valence-electron chi connectivity index (χ4n) is 1.71. The van der Waals surface area contributed by atoms with E-state index in [1.54, 1.807) is 7.11 Å². The first-order chi connectivity index (χ1) is 7.71. The van der Waals surface area contributed by atoms with E-state index >= 15 is 0 Å². The van der Waals surface area contributed by atoms with E-state index in [0.29, 0.717) is 19.8 Å². The molecule has 2 unspecified atom stereocenters. The molecule has 0 bridgehead atoms. The molecule has 2 atom stereocenters. The van der Waals surface area contributed by atoms with Crippen LogP contribution in [0.3, 0.4) is 0 Å². The summed E-state index contributed by atoms with van der Waals surface area (Å²) in [6.45, 7) is 7.53. The highest BCUT2D eigenvalue weighted by molar-refractivity contribution is 4.81. The summed E-state index contributed by atoms with van der Waals surface area (Å²) in [4.78, 5) is 2.12. The minimum Gasteiger partial charge on any atom is -0.395 e. The molecular weight excluding hydrogens is 208 g/mol. The summed E-state index contributed by atoms with van der Waals surface area (Å²) in [5.41, 5.74) is 5.95. The smallest absolute Gasteiger partial charge is 0.0629 e. The highest BCUT2D eigenvalue weighted by Gasteiger charge is 2.22. The molecule has 16 heavy (non-hydrogen) atoms. The molecule has 0 aliphatic rings. The van der Waals surface area contributed by atoms with E-state index in [-0.39, 0.29) is 18.7 Å². The van der Waals surface area contributed by atoms with Crippen LogP contribution in [0.2, 0.25) is 0 Å². The van der Waals surface area contributed by atoms with Crippen LogP contribution in [-0.2, 0) is 9.47 Å². The highest BCUT2D eigenvalue weighted by Crippen LogP contribution is 2.03. The largest absolute Gasteiger partial charge is 0.395 e. The summed E-state index contributed by atoms with van der Waals surface area (Å²) in [6.07, 6.45) is 0. The maximum atomic E-state index is 9.36. The fourth-order valence-corrected chi connectivity index (χ4v) is 1.71. The van der Waals surface area contributed by atoms with Crippen molar-refractivity contribution in [1.29, 1.82) is 0 Å². The van der Waals surface area contributed by atoms with Gasteiger partial charge >= 0.3 is 0 Å². The van der Waals surface area contributed by atoms with E-state index in [4.69, 9.17) is 15.2 Å². The number of likely N-dealkylation sites (N-methyl/N-ethyl adjacent to an activating group) is 1. The third-order valence-electron chi connectivity index (χ3n) is 2.64. The summed E-state index contributed by atoms with van der Waals surface area (Å²) in [5, 5.41) is 9.36. The summed E-state index contributed by atoms with van der Waals surface area (Å²) in [7, 11) is 1.62. The number of hydrogen-bond donors (Lipinski definition) is 2. The number of hydrogen-bond acceptors (Lipinski definition) is 5. The van der Waals surface area contributed by atoms with Gasteiger partial charge in [0.15, 0.2) is 0 Å². The predicted molar refractivity (Wildman–Crippen MR) is 64.5 cm³/mol. The van der Waals surface area contributed by atoms with Crippen LogP contribution < -0.4 is 5.73 Å². The molecule has 0 saturated carbocycles. The van der Waals surface area contributed by atoms with Crippen molar-refractivity contribution < 1.29 is 14.6 Å². The van der Waals surface area contributed by atoms with Crippen molar-refractivity contribution in [3.8, 4) is 0 Å². The third kappa shape index (κ3) is 5.77. The van der Waals surface area contributed by atoms with Gasteiger partial charge in [0.25, 0.3) is 0 Å². The molecule has 5 nitrogen and oxygen atoms in total. The van der Waals surface area contributed by atoms with Crippen LogP contribution >= 0.6 is 0 Å². The molecule has 0 fully saturated rings. The number of aliphatic hydroxyl groups is 1. The molecule has 5 heteroatoms. The lowest BCUT2D eigenvalue weighted by Crippen LogP contribution is -2.52. The Morgan fingerprint density at radius 1 is 1.38 bits per heavy atom. The molecule has 0 aliphatic heterocycles. The van der Waals surface area contributed by atoms with Crippen LogP contribution in [0.1, 0.15) is 13.8 Å². The van der Waals surface area contributed by atoms with Gasteiger partial charge in [0.1, 0.15) is 0 Å². The average Bonchev–Trinajstić information content (AvgIpc) is 2.28. The Hall–Kier alpha value is -0.200. The number of ether oxygens (including phenoxy) is 2. The monoisotopic (exact) mass is 234 g/mol. The molecule has 0 aliphatic carbocycles. The minimum absolute atomic E-state index is 0.0461. The van der Waals surface area contributed by atoms with Crippen molar-refractivity contribution in [2.45, 2.75) is 25.9 Å². The number of rotatable bonds is 10. The van der Waals surface area contributed by atoms with Crippen molar-refractivity contribution >= 4 is 0 Å². The molecule has 0 radical (unpaired) electrons. The van der Waals surface area contributed by atoms with Crippen LogP contribution in [0.15, 0.2) is 0 Å². The van der Waals surface area contributed by atoms with Crippen LogP contribution in [0.4, 0.5) is 0 Å². The maximum Gasteiger partial charge on any atom is 0.0629 e. The Balaban J connectivity index is 4.14. The number of nitrogens with zero attached hydrogens (tertiary/aromatic N) is 1. The summed E-state index contributed by atoms with van der Waals surface area (Å²) in [5.74, 6) is 0. The third-order valence-corrected chi connectivity index (χ3v) is 2.64. The second-order valence-corrected chi connectivity index (χ2v) is 3.69. The zero-order valence-electron chi connectivity index (χ0n) is 10.7. The minimum atomic E-state index is -0.170. The first-order valence-corrected chi connectivity index (χ1v) is 5.88. The van der Waals surface area contributed by atoms with Crippen molar-refractivity contribution in [2.75, 3.05) is 46.6 Å². The molecule has 0 amide bonds. The second-order valence-electron chi connectivity index (χ2n) is 3.69. The molecule has 0 heterocycles. The van der Waals surface area contributed by atoms with Crippen molar-refractivity contribution in [3.05, 3.63) is 0 Å². The van der Waals surface area contributed by atoms with Gasteiger partial charge in [-0.15, -0.1) is 0 Å². The highest BCUT2D eigenvalue weighted by atomic mass is 16.5. The van der Waals surface area contributed by atoms with Crippen LogP contribution in [0.25, 0.3) is 0 Å². The van der Waals surface area contributed by atoms with E-state index in [1.807, 2.05) is 13.8 Å². The number of nitrogens with two attached hydrogens (primary N) is 1. The zero-order valence-corrected chi connectivity index (χ0v) is 10.7. The number of aliphatic hydroxyl groups excluding tert-OH is 1. The first kappa shape index (κ1) is 15.8. The predicted octanol–water partition coefficient (Wildman–Crippen LogP) is -0.321. The van der Waals surface area contributed by atoms with Crippen LogP contribution in [0, 0.1) is 0 Å². The second kappa shape index (κ2) is 9.99. The maximum absolute atomic E-state index is 9.36. The van der Waals surface area contributed by atoms with Gasteiger partial charge in [-0.2, -0.15) is 0 Å². The number of methoxy groups -OCH3 is 1. The molecule has 0 aromatic heterocycles. The lowest BCUT2D eigenvalue weighted by molar-refractivity contribution is 0.0475. The molecule has 0 aromatic carbocycles. The van der Waals surface area contributed by atoms with Gasteiger partial charge in [-0.25, -0.2) is 0 Å². The molecule has 0 aromatic rings. The lowest BCUT2D eigenvalue weighted by Gasteiger charge is -2.33. The van der Waals surface area contributed by atoms with Crippen molar-refractivity contribution in [2.24, 2.45) is 5.73 Å². The molecule has 98 valence electrons. The normalized spacial score (nSPS) is 15.4. The van der Waals surface area contributed by atoms with E-state index in [9.17, 15) is 5.11 Å². The quantitative estimate of drug-likeness (QED) is 0.507. The van der Waals surface area contributed by atoms with Gasteiger partial charge in [-0.05, 0) is 13.5 Å². The van der Waals surface area contributed by atoms with Gasteiger partial charge in [0.2, 0.25) is 0 Å². The van der Waals surface area contributed by atoms with Crippen LogP contribution in [-0.4, -0.2) is 68.7 Å². The Labute approximate surface area is 98.5 Å². The molecule has 3 N–H and O–H groups in total. The van der Waals surface area contributed by atoms with E-state index < -0.39 is 0 Å². The standard InChI is InChI=1S/C11H26N2O3/c1-4-13(6-7-16-5-2)11(8-14)10(12)9-15-3/h10-11,14H,4-9,12H2,1-3H3. The topological polar surface area (TPSA) is 68.0 Å². The van der Waals surface area contributed by atoms with Crippen molar-refractivity contribution in [1.82, 2.24) is 4.90 Å². The Kier molecular flexibility index (Phi) is 9.86. The Bertz CT molecular complexity index is 158. The van der Waals surface area contributed by atoms with Crippen LogP contribution in [0.5, 0.6) is 0 Å². The summed E-state index contributed by atoms with van der Waals surface area (Å²) < 4.78 is 10.3. The molecule has 0 spiro atoms. The van der Waals surface area contributed by atoms with Gasteiger partial charge in [0.05, 0.1) is 25.9 Å². The molecular formula is C11H26N2O3. The zero-order chi connectivity index (χ0) is 12.4. The van der Waals surface area contributed by atoms with Gasteiger partial charge in [-0.3, -0.25) is 4.90 Å². The van der Waals surface area contributed by atoms with Gasteiger partial charge in [-0.1, -0.05) is 6.92 Å². The SMILES string of the molecule is CCOCCN(CC)C(CO)C(N)COC. The summed E-state index contributed by atoms with van der Waals surface area (Å²) >= 11 is 0. The fraction of sp³-hybridized carbons (Fsp3) is 1.00. The molecule has 0 rings (SSSR count). The van der Waals surface area contributed by atoms with E-state index in [1.165, 1.54) is 0 Å². The first-order valence-electron chi connectivity index (χ1n) is 5.88. The lowest BCUT2D eigenvalue weighted by atomic mass is 10.1. The average molecular weight is 234 g/mol. The Morgan fingerprint density at radius 2 is 2.06 bits per heavy atom. The molecule has 0 saturated heterocycles. The van der Waals surface area contributed by atoms with Gasteiger partial charge in [0, 0.05) is 26.3 Å².